The Morgan fingerprint density at radius 3 is 2.68 bits per heavy atom. The van der Waals surface area contributed by atoms with E-state index >= 15 is 0 Å². The summed E-state index contributed by atoms with van der Waals surface area (Å²) in [6.45, 7) is 3.01. The van der Waals surface area contributed by atoms with Gasteiger partial charge in [0.25, 0.3) is 0 Å². The van der Waals surface area contributed by atoms with E-state index in [1.165, 1.54) is 19.3 Å². The molecule has 0 aromatic rings. The largest absolute Gasteiger partial charge is 0.345 e. The van der Waals surface area contributed by atoms with Crippen molar-refractivity contribution >= 4 is 23.6 Å². The molecule has 2 fully saturated rings. The van der Waals surface area contributed by atoms with E-state index in [0.717, 1.165) is 24.3 Å². The molecular weight excluding hydrogens is 260 g/mol. The topological polar surface area (TPSA) is 49.4 Å². The SMILES string of the molecule is CCSCCN1C(=O)CNC(=O)C1C1CCCCC1. The van der Waals surface area contributed by atoms with Gasteiger partial charge in [-0.05, 0) is 24.5 Å². The van der Waals surface area contributed by atoms with Gasteiger partial charge in [-0.15, -0.1) is 0 Å². The molecule has 2 rings (SSSR count). The van der Waals surface area contributed by atoms with Gasteiger partial charge in [-0.3, -0.25) is 9.59 Å². The van der Waals surface area contributed by atoms with Crippen LogP contribution >= 0.6 is 11.8 Å². The molecule has 2 aliphatic rings. The van der Waals surface area contributed by atoms with Crippen molar-refractivity contribution in [3.05, 3.63) is 0 Å². The summed E-state index contributed by atoms with van der Waals surface area (Å²) in [5.74, 6) is 2.51. The van der Waals surface area contributed by atoms with Crippen molar-refractivity contribution in [3.63, 3.8) is 0 Å². The molecule has 1 unspecified atom stereocenters. The summed E-state index contributed by atoms with van der Waals surface area (Å²) in [7, 11) is 0. The zero-order valence-electron chi connectivity index (χ0n) is 11.7. The minimum Gasteiger partial charge on any atom is -0.345 e. The van der Waals surface area contributed by atoms with E-state index < -0.39 is 0 Å². The van der Waals surface area contributed by atoms with Crippen LogP contribution in [0.2, 0.25) is 0 Å². The Morgan fingerprint density at radius 1 is 1.26 bits per heavy atom. The number of nitrogens with zero attached hydrogens (tertiary/aromatic N) is 1. The molecule has 1 aliphatic heterocycles. The average Bonchev–Trinajstić information content (AvgIpc) is 2.44. The summed E-state index contributed by atoms with van der Waals surface area (Å²) in [6.07, 6.45) is 5.83. The van der Waals surface area contributed by atoms with Crippen LogP contribution in [0.5, 0.6) is 0 Å². The highest BCUT2D eigenvalue weighted by Crippen LogP contribution is 2.30. The molecule has 0 radical (unpaired) electrons. The molecule has 1 N–H and O–H groups in total. The predicted octanol–water partition coefficient (Wildman–Crippen LogP) is 1.65. The van der Waals surface area contributed by atoms with Gasteiger partial charge in [0, 0.05) is 12.3 Å². The quantitative estimate of drug-likeness (QED) is 0.781. The molecule has 108 valence electrons. The second-order valence-corrected chi connectivity index (χ2v) is 6.74. The van der Waals surface area contributed by atoms with Gasteiger partial charge < -0.3 is 10.2 Å². The van der Waals surface area contributed by atoms with E-state index in [-0.39, 0.29) is 24.4 Å². The van der Waals surface area contributed by atoms with Gasteiger partial charge >= 0.3 is 0 Å². The maximum atomic E-state index is 12.2. The van der Waals surface area contributed by atoms with Crippen LogP contribution in [0.1, 0.15) is 39.0 Å². The fraction of sp³-hybridized carbons (Fsp3) is 0.857. The van der Waals surface area contributed by atoms with E-state index in [2.05, 4.69) is 12.2 Å². The van der Waals surface area contributed by atoms with Crippen LogP contribution in [0, 0.1) is 5.92 Å². The third-order valence-electron chi connectivity index (χ3n) is 4.12. The molecule has 2 amide bonds. The minimum atomic E-state index is -0.209. The third-order valence-corrected chi connectivity index (χ3v) is 5.00. The Kier molecular flexibility index (Phi) is 5.55. The Balaban J connectivity index is 2.03. The zero-order valence-corrected chi connectivity index (χ0v) is 12.5. The Labute approximate surface area is 119 Å². The highest BCUT2D eigenvalue weighted by atomic mass is 32.2. The molecule has 4 nitrogen and oxygen atoms in total. The van der Waals surface area contributed by atoms with Crippen LogP contribution in [-0.2, 0) is 9.59 Å². The highest BCUT2D eigenvalue weighted by Gasteiger charge is 2.39. The summed E-state index contributed by atoms with van der Waals surface area (Å²) >= 11 is 1.83. The minimum absolute atomic E-state index is 0.0630. The number of piperazine rings is 1. The van der Waals surface area contributed by atoms with Gasteiger partial charge in [0.2, 0.25) is 11.8 Å². The second-order valence-electron chi connectivity index (χ2n) is 5.34. The van der Waals surface area contributed by atoms with Crippen LogP contribution in [0.3, 0.4) is 0 Å². The number of carbonyl (C=O) groups is 2. The fourth-order valence-corrected chi connectivity index (χ4v) is 3.77. The van der Waals surface area contributed by atoms with Gasteiger partial charge in [0.15, 0.2) is 0 Å². The normalized spacial score (nSPS) is 25.5. The lowest BCUT2D eigenvalue weighted by Crippen LogP contribution is -2.61. The van der Waals surface area contributed by atoms with Gasteiger partial charge in [-0.1, -0.05) is 26.2 Å². The van der Waals surface area contributed by atoms with Crippen LogP contribution in [0.25, 0.3) is 0 Å². The van der Waals surface area contributed by atoms with Crippen LogP contribution < -0.4 is 5.32 Å². The van der Waals surface area contributed by atoms with Gasteiger partial charge in [-0.25, -0.2) is 0 Å². The molecular formula is C14H24N2O2S. The summed E-state index contributed by atoms with van der Waals surface area (Å²) in [5.41, 5.74) is 0. The molecule has 19 heavy (non-hydrogen) atoms. The van der Waals surface area contributed by atoms with Gasteiger partial charge in [-0.2, -0.15) is 11.8 Å². The van der Waals surface area contributed by atoms with Crippen molar-refractivity contribution in [3.8, 4) is 0 Å². The molecule has 1 atom stereocenters. The number of rotatable bonds is 5. The number of hydrogen-bond donors (Lipinski definition) is 1. The molecule has 1 saturated heterocycles. The van der Waals surface area contributed by atoms with Crippen molar-refractivity contribution in [1.82, 2.24) is 10.2 Å². The molecule has 0 aromatic carbocycles. The summed E-state index contributed by atoms with van der Waals surface area (Å²) < 4.78 is 0. The number of carbonyl (C=O) groups excluding carboxylic acids is 2. The Bertz CT molecular complexity index is 329. The van der Waals surface area contributed by atoms with Crippen LogP contribution in [0.15, 0.2) is 0 Å². The maximum absolute atomic E-state index is 12.2. The lowest BCUT2D eigenvalue weighted by molar-refractivity contribution is -0.148. The summed E-state index contributed by atoms with van der Waals surface area (Å²) in [6, 6.07) is -0.209. The summed E-state index contributed by atoms with van der Waals surface area (Å²) in [5, 5.41) is 2.76. The van der Waals surface area contributed by atoms with Crippen molar-refractivity contribution in [2.75, 3.05) is 24.6 Å². The van der Waals surface area contributed by atoms with E-state index in [4.69, 9.17) is 0 Å². The number of hydrogen-bond acceptors (Lipinski definition) is 3. The van der Waals surface area contributed by atoms with Crippen LogP contribution in [-0.4, -0.2) is 47.4 Å². The maximum Gasteiger partial charge on any atom is 0.243 e. The highest BCUT2D eigenvalue weighted by molar-refractivity contribution is 7.99. The van der Waals surface area contributed by atoms with Crippen molar-refractivity contribution in [2.45, 2.75) is 45.1 Å². The lowest BCUT2D eigenvalue weighted by Gasteiger charge is -2.40. The Hall–Kier alpha value is -0.710. The molecule has 1 aliphatic carbocycles. The molecule has 1 heterocycles. The Morgan fingerprint density at radius 2 is 2.00 bits per heavy atom. The summed E-state index contributed by atoms with van der Waals surface area (Å²) in [4.78, 5) is 26.1. The molecule has 5 heteroatoms. The van der Waals surface area contributed by atoms with E-state index in [0.29, 0.717) is 12.5 Å². The first-order valence-electron chi connectivity index (χ1n) is 7.39. The number of nitrogens with one attached hydrogen (secondary N) is 1. The average molecular weight is 284 g/mol. The standard InChI is InChI=1S/C14H24N2O2S/c1-2-19-9-8-16-12(17)10-15-14(18)13(16)11-6-4-3-5-7-11/h11,13H,2-10H2,1H3,(H,15,18). The predicted molar refractivity (Wildman–Crippen MR) is 78.1 cm³/mol. The smallest absolute Gasteiger partial charge is 0.243 e. The first-order chi connectivity index (χ1) is 9.24. The molecule has 0 spiro atoms. The van der Waals surface area contributed by atoms with E-state index in [1.807, 2.05) is 16.7 Å². The fourth-order valence-electron chi connectivity index (χ4n) is 3.15. The third kappa shape index (κ3) is 3.65. The first kappa shape index (κ1) is 14.7. The monoisotopic (exact) mass is 284 g/mol. The van der Waals surface area contributed by atoms with Gasteiger partial charge in [0.05, 0.1) is 6.54 Å². The van der Waals surface area contributed by atoms with Crippen molar-refractivity contribution in [2.24, 2.45) is 5.92 Å². The zero-order chi connectivity index (χ0) is 13.7. The van der Waals surface area contributed by atoms with Crippen molar-refractivity contribution < 1.29 is 9.59 Å². The molecule has 0 bridgehead atoms. The first-order valence-corrected chi connectivity index (χ1v) is 8.54. The number of amides is 2. The second kappa shape index (κ2) is 7.17. The van der Waals surface area contributed by atoms with E-state index in [1.54, 1.807) is 0 Å². The van der Waals surface area contributed by atoms with E-state index in [9.17, 15) is 9.59 Å². The van der Waals surface area contributed by atoms with Gasteiger partial charge in [0.1, 0.15) is 6.04 Å². The van der Waals surface area contributed by atoms with Crippen molar-refractivity contribution in [1.29, 1.82) is 0 Å². The number of thioether (sulfide) groups is 1. The lowest BCUT2D eigenvalue weighted by atomic mass is 9.82. The molecule has 1 saturated carbocycles. The van der Waals surface area contributed by atoms with Crippen LogP contribution in [0.4, 0.5) is 0 Å². The molecule has 0 aromatic heterocycles.